The number of aliphatic hydroxyl groups is 1. The SMILES string of the molecule is CCC(Br)C(Br)CC(Br)C(Br)CC(Br)C(Br)CCCCCCCCO. The molecule has 7 heteroatoms. The molecule has 0 aliphatic carbocycles. The fourth-order valence-corrected chi connectivity index (χ4v) is 7.06. The summed E-state index contributed by atoms with van der Waals surface area (Å²) in [5.74, 6) is 0. The van der Waals surface area contributed by atoms with Crippen molar-refractivity contribution >= 4 is 95.6 Å². The molecule has 0 saturated heterocycles. The number of unbranched alkanes of at least 4 members (excludes halogenated alkanes) is 5. The van der Waals surface area contributed by atoms with Gasteiger partial charge in [0.2, 0.25) is 0 Å². The Labute approximate surface area is 205 Å². The summed E-state index contributed by atoms with van der Waals surface area (Å²) in [5, 5.41) is 8.78. The summed E-state index contributed by atoms with van der Waals surface area (Å²) in [6.45, 7) is 2.54. The van der Waals surface area contributed by atoms with E-state index in [2.05, 4.69) is 103 Å². The van der Waals surface area contributed by atoms with Gasteiger partial charge in [-0.25, -0.2) is 0 Å². The summed E-state index contributed by atoms with van der Waals surface area (Å²) >= 11 is 23.0. The van der Waals surface area contributed by atoms with E-state index in [9.17, 15) is 0 Å². The molecule has 0 rings (SSSR count). The molecular weight excluding hydrogens is 712 g/mol. The summed E-state index contributed by atoms with van der Waals surface area (Å²) in [6.07, 6.45) is 11.8. The van der Waals surface area contributed by atoms with Crippen molar-refractivity contribution in [3.05, 3.63) is 0 Å². The first-order valence-electron chi connectivity index (χ1n) is 9.28. The van der Waals surface area contributed by atoms with Crippen LogP contribution in [0.4, 0.5) is 0 Å². The number of rotatable bonds is 16. The average molecular weight is 744 g/mol. The summed E-state index contributed by atoms with van der Waals surface area (Å²) in [5.41, 5.74) is 0. The first-order valence-corrected chi connectivity index (χ1v) is 14.8. The Morgan fingerprint density at radius 1 is 0.560 bits per heavy atom. The van der Waals surface area contributed by atoms with Crippen molar-refractivity contribution in [1.29, 1.82) is 0 Å². The van der Waals surface area contributed by atoms with Gasteiger partial charge in [-0.3, -0.25) is 0 Å². The number of hydrogen-bond donors (Lipinski definition) is 1. The molecule has 0 aliphatic heterocycles. The Balaban J connectivity index is 3.94. The molecule has 0 fully saturated rings. The van der Waals surface area contributed by atoms with Crippen LogP contribution in [-0.4, -0.2) is 40.7 Å². The Hall–Kier alpha value is 2.84. The topological polar surface area (TPSA) is 20.2 Å². The van der Waals surface area contributed by atoms with Crippen LogP contribution in [0.5, 0.6) is 0 Å². The monoisotopic (exact) mass is 738 g/mol. The second-order valence-electron chi connectivity index (χ2n) is 6.61. The molecule has 6 unspecified atom stereocenters. The van der Waals surface area contributed by atoms with Crippen molar-refractivity contribution in [1.82, 2.24) is 0 Å². The van der Waals surface area contributed by atoms with E-state index in [0.29, 0.717) is 35.6 Å². The molecule has 0 spiro atoms. The fraction of sp³-hybridized carbons (Fsp3) is 1.00. The minimum Gasteiger partial charge on any atom is -0.396 e. The maximum atomic E-state index is 8.78. The number of alkyl halides is 6. The molecule has 6 atom stereocenters. The summed E-state index contributed by atoms with van der Waals surface area (Å²) < 4.78 is 0. The number of halogens is 6. The van der Waals surface area contributed by atoms with Gasteiger partial charge in [-0.05, 0) is 32.1 Å². The minimum atomic E-state index is 0.335. The lowest BCUT2D eigenvalue weighted by Gasteiger charge is -2.25. The van der Waals surface area contributed by atoms with Gasteiger partial charge >= 0.3 is 0 Å². The number of aliphatic hydroxyl groups excluding tert-OH is 1. The molecule has 1 N–H and O–H groups in total. The third-order valence-corrected chi connectivity index (χ3v) is 12.9. The molecule has 0 bridgehead atoms. The molecule has 0 saturated carbocycles. The van der Waals surface area contributed by atoms with Gasteiger partial charge in [0.1, 0.15) is 0 Å². The maximum absolute atomic E-state index is 8.78. The normalized spacial score (nSPS) is 19.2. The van der Waals surface area contributed by atoms with Crippen LogP contribution in [0.25, 0.3) is 0 Å². The van der Waals surface area contributed by atoms with Crippen molar-refractivity contribution < 1.29 is 5.11 Å². The van der Waals surface area contributed by atoms with Crippen LogP contribution in [0.1, 0.15) is 71.1 Å². The largest absolute Gasteiger partial charge is 0.396 e. The molecule has 0 aromatic heterocycles. The van der Waals surface area contributed by atoms with Crippen molar-refractivity contribution in [2.75, 3.05) is 6.61 Å². The van der Waals surface area contributed by atoms with Gasteiger partial charge in [0, 0.05) is 35.6 Å². The Morgan fingerprint density at radius 3 is 1.44 bits per heavy atom. The second kappa shape index (κ2) is 17.7. The zero-order valence-corrected chi connectivity index (χ0v) is 24.5. The molecule has 0 amide bonds. The lowest BCUT2D eigenvalue weighted by atomic mass is 10.0. The van der Waals surface area contributed by atoms with Gasteiger partial charge in [-0.1, -0.05) is 135 Å². The molecule has 0 aromatic rings. The van der Waals surface area contributed by atoms with E-state index in [1.54, 1.807) is 0 Å². The minimum absolute atomic E-state index is 0.335. The van der Waals surface area contributed by atoms with Crippen molar-refractivity contribution in [2.24, 2.45) is 0 Å². The fourth-order valence-electron chi connectivity index (χ4n) is 2.62. The zero-order chi connectivity index (χ0) is 19.2. The van der Waals surface area contributed by atoms with E-state index in [-0.39, 0.29) is 0 Å². The first-order chi connectivity index (χ1) is 11.8. The highest BCUT2D eigenvalue weighted by atomic mass is 79.9. The summed E-state index contributed by atoms with van der Waals surface area (Å²) in [4.78, 5) is 2.91. The molecule has 0 heterocycles. The predicted molar refractivity (Wildman–Crippen MR) is 135 cm³/mol. The van der Waals surface area contributed by atoms with Crippen molar-refractivity contribution in [3.63, 3.8) is 0 Å². The highest BCUT2D eigenvalue weighted by molar-refractivity contribution is 9.13. The van der Waals surface area contributed by atoms with Crippen LogP contribution < -0.4 is 0 Å². The lowest BCUT2D eigenvalue weighted by Crippen LogP contribution is -2.27. The highest BCUT2D eigenvalue weighted by Crippen LogP contribution is 2.33. The first kappa shape index (κ1) is 27.8. The van der Waals surface area contributed by atoms with E-state index in [0.717, 1.165) is 32.1 Å². The van der Waals surface area contributed by atoms with Gasteiger partial charge in [0.05, 0.1) is 0 Å². The van der Waals surface area contributed by atoms with Gasteiger partial charge in [0.25, 0.3) is 0 Å². The molecule has 0 aliphatic rings. The van der Waals surface area contributed by atoms with Gasteiger partial charge in [-0.2, -0.15) is 0 Å². The second-order valence-corrected chi connectivity index (χ2v) is 13.7. The smallest absolute Gasteiger partial charge is 0.0431 e. The third-order valence-electron chi connectivity index (χ3n) is 4.36. The van der Waals surface area contributed by atoms with Crippen LogP contribution in [0.15, 0.2) is 0 Å². The van der Waals surface area contributed by atoms with E-state index < -0.39 is 0 Å². The Morgan fingerprint density at radius 2 is 0.960 bits per heavy atom. The quantitative estimate of drug-likeness (QED) is 0.124. The predicted octanol–water partition coefficient (Wildman–Crippen LogP) is 8.48. The molecule has 1 nitrogen and oxygen atoms in total. The lowest BCUT2D eigenvalue weighted by molar-refractivity contribution is 0.282. The summed E-state index contributed by atoms with van der Waals surface area (Å²) in [7, 11) is 0. The van der Waals surface area contributed by atoms with Crippen LogP contribution in [0, 0.1) is 0 Å². The van der Waals surface area contributed by atoms with E-state index in [1.165, 1.54) is 32.1 Å². The number of hydrogen-bond acceptors (Lipinski definition) is 1. The van der Waals surface area contributed by atoms with Gasteiger partial charge in [0.15, 0.2) is 0 Å². The van der Waals surface area contributed by atoms with E-state index >= 15 is 0 Å². The third kappa shape index (κ3) is 14.5. The highest BCUT2D eigenvalue weighted by Gasteiger charge is 2.26. The van der Waals surface area contributed by atoms with Crippen LogP contribution in [-0.2, 0) is 0 Å². The average Bonchev–Trinajstić information content (AvgIpc) is 2.59. The van der Waals surface area contributed by atoms with Crippen LogP contribution >= 0.6 is 95.6 Å². The molecule has 0 aromatic carbocycles. The van der Waals surface area contributed by atoms with Crippen molar-refractivity contribution in [3.8, 4) is 0 Å². The van der Waals surface area contributed by atoms with Crippen molar-refractivity contribution in [2.45, 2.75) is 100 Å². The maximum Gasteiger partial charge on any atom is 0.0431 e. The molecule has 25 heavy (non-hydrogen) atoms. The van der Waals surface area contributed by atoms with Crippen LogP contribution in [0.2, 0.25) is 0 Å². The Kier molecular flexibility index (Phi) is 19.7. The molecule has 0 radical (unpaired) electrons. The zero-order valence-electron chi connectivity index (χ0n) is 15.0. The van der Waals surface area contributed by atoms with E-state index in [1.807, 2.05) is 0 Å². The van der Waals surface area contributed by atoms with Gasteiger partial charge < -0.3 is 5.11 Å². The summed E-state index contributed by atoms with van der Waals surface area (Å²) in [6, 6.07) is 0. The van der Waals surface area contributed by atoms with E-state index in [4.69, 9.17) is 5.11 Å². The molecular formula is C18H32Br6O. The van der Waals surface area contributed by atoms with Crippen LogP contribution in [0.3, 0.4) is 0 Å². The standard InChI is InChI=1S/C18H32Br6O/c1-2-13(19)15(21)11-17(23)18(24)12-16(22)14(20)9-7-5-3-4-6-8-10-25/h13-18,25H,2-12H2,1H3. The Bertz CT molecular complexity index is 307. The van der Waals surface area contributed by atoms with Gasteiger partial charge in [-0.15, -0.1) is 0 Å². The molecule has 152 valence electrons.